The first-order valence-corrected chi connectivity index (χ1v) is 9.46. The van der Waals surface area contributed by atoms with Crippen LogP contribution in [-0.4, -0.2) is 43.0 Å². The van der Waals surface area contributed by atoms with Crippen LogP contribution < -0.4 is 15.1 Å². The number of nitrogens with one attached hydrogen (secondary N) is 2. The maximum atomic E-state index is 12.3. The Bertz CT molecular complexity index is 960. The Labute approximate surface area is 170 Å². The van der Waals surface area contributed by atoms with E-state index in [1.807, 2.05) is 67.5 Å². The Kier molecular flexibility index (Phi) is 6.63. The highest BCUT2D eigenvalue weighted by Crippen LogP contribution is 2.21. The monoisotopic (exact) mass is 391 g/mol. The number of hydrogen-bond acceptors (Lipinski definition) is 5. The lowest BCUT2D eigenvalue weighted by atomic mass is 10.1. The first kappa shape index (κ1) is 20.1. The minimum Gasteiger partial charge on any atom is -0.494 e. The Hall–Kier alpha value is -3.61. The van der Waals surface area contributed by atoms with Crippen molar-refractivity contribution in [2.24, 2.45) is 5.10 Å². The third-order valence-electron chi connectivity index (χ3n) is 4.23. The SMILES string of the molecule is CCCOc1ccc(-c2cc(C(=O)N/N=C\c3ccc(N(C)C)cc3)[nH]n2)cc1. The van der Waals surface area contributed by atoms with Crippen LogP contribution in [0.25, 0.3) is 11.3 Å². The molecule has 0 radical (unpaired) electrons. The molecule has 29 heavy (non-hydrogen) atoms. The van der Waals surface area contributed by atoms with E-state index in [-0.39, 0.29) is 5.91 Å². The van der Waals surface area contributed by atoms with Crippen LogP contribution in [0.4, 0.5) is 5.69 Å². The van der Waals surface area contributed by atoms with Gasteiger partial charge in [-0.25, -0.2) is 5.43 Å². The summed E-state index contributed by atoms with van der Waals surface area (Å²) in [5.41, 5.74) is 6.42. The summed E-state index contributed by atoms with van der Waals surface area (Å²) in [4.78, 5) is 14.3. The number of H-pyrrole nitrogens is 1. The van der Waals surface area contributed by atoms with Gasteiger partial charge in [-0.3, -0.25) is 9.89 Å². The number of carbonyl (C=O) groups excluding carboxylic acids is 1. The third-order valence-corrected chi connectivity index (χ3v) is 4.23. The standard InChI is InChI=1S/C22H25N5O2/c1-4-13-29-19-11-7-17(8-12-19)20-14-21(25-24-20)22(28)26-23-15-16-5-9-18(10-6-16)27(2)3/h5-12,14-15H,4,13H2,1-3H3,(H,24,25)(H,26,28)/b23-15-. The molecule has 0 fully saturated rings. The zero-order valence-corrected chi connectivity index (χ0v) is 16.8. The van der Waals surface area contributed by atoms with Crippen LogP contribution >= 0.6 is 0 Å². The maximum Gasteiger partial charge on any atom is 0.289 e. The van der Waals surface area contributed by atoms with Crippen molar-refractivity contribution in [1.29, 1.82) is 0 Å². The van der Waals surface area contributed by atoms with Gasteiger partial charge in [0.05, 0.1) is 18.5 Å². The summed E-state index contributed by atoms with van der Waals surface area (Å²) in [5.74, 6) is 0.463. The molecule has 2 aromatic carbocycles. The second-order valence-electron chi connectivity index (χ2n) is 6.72. The summed E-state index contributed by atoms with van der Waals surface area (Å²) >= 11 is 0. The molecule has 0 saturated carbocycles. The highest BCUT2D eigenvalue weighted by atomic mass is 16.5. The summed E-state index contributed by atoms with van der Waals surface area (Å²) in [7, 11) is 3.97. The second kappa shape index (κ2) is 9.54. The van der Waals surface area contributed by atoms with Crippen LogP contribution in [0.1, 0.15) is 29.4 Å². The van der Waals surface area contributed by atoms with Gasteiger partial charge in [-0.2, -0.15) is 10.2 Å². The maximum absolute atomic E-state index is 12.3. The molecule has 0 saturated heterocycles. The average Bonchev–Trinajstić information content (AvgIpc) is 3.23. The molecular weight excluding hydrogens is 366 g/mol. The summed E-state index contributed by atoms with van der Waals surface area (Å²) < 4.78 is 5.58. The minimum atomic E-state index is -0.354. The summed E-state index contributed by atoms with van der Waals surface area (Å²) in [6.45, 7) is 2.75. The van der Waals surface area contributed by atoms with Crippen LogP contribution in [0.15, 0.2) is 59.7 Å². The second-order valence-corrected chi connectivity index (χ2v) is 6.72. The van der Waals surface area contributed by atoms with Gasteiger partial charge in [0, 0.05) is 25.3 Å². The zero-order valence-electron chi connectivity index (χ0n) is 16.8. The summed E-state index contributed by atoms with van der Waals surface area (Å²) in [5, 5.41) is 11.0. The van der Waals surface area contributed by atoms with E-state index in [0.717, 1.165) is 29.0 Å². The van der Waals surface area contributed by atoms with Gasteiger partial charge in [0.1, 0.15) is 11.4 Å². The van der Waals surface area contributed by atoms with Crippen LogP contribution in [0, 0.1) is 0 Å². The molecule has 7 heteroatoms. The zero-order chi connectivity index (χ0) is 20.6. The van der Waals surface area contributed by atoms with Crippen LogP contribution in [-0.2, 0) is 0 Å². The lowest BCUT2D eigenvalue weighted by molar-refractivity contribution is 0.0950. The number of hydrazone groups is 1. The first-order chi connectivity index (χ1) is 14.1. The van der Waals surface area contributed by atoms with Gasteiger partial charge in [-0.05, 0) is 54.4 Å². The van der Waals surface area contributed by atoms with E-state index in [1.54, 1.807) is 12.3 Å². The molecule has 0 aliphatic heterocycles. The number of amides is 1. The van der Waals surface area contributed by atoms with Gasteiger partial charge >= 0.3 is 0 Å². The molecule has 7 nitrogen and oxygen atoms in total. The number of anilines is 1. The van der Waals surface area contributed by atoms with Gasteiger partial charge in [0.2, 0.25) is 0 Å². The van der Waals surface area contributed by atoms with E-state index in [9.17, 15) is 4.79 Å². The molecule has 0 atom stereocenters. The lowest BCUT2D eigenvalue weighted by Crippen LogP contribution is -2.18. The van der Waals surface area contributed by atoms with Crippen LogP contribution in [0.2, 0.25) is 0 Å². The number of aromatic amines is 1. The van der Waals surface area contributed by atoms with Crippen molar-refractivity contribution >= 4 is 17.8 Å². The quantitative estimate of drug-likeness (QED) is 0.453. The number of carbonyl (C=O) groups is 1. The fourth-order valence-electron chi connectivity index (χ4n) is 2.61. The fourth-order valence-corrected chi connectivity index (χ4v) is 2.61. The smallest absolute Gasteiger partial charge is 0.289 e. The molecule has 3 aromatic rings. The number of benzene rings is 2. The van der Waals surface area contributed by atoms with E-state index in [1.165, 1.54) is 0 Å². The summed E-state index contributed by atoms with van der Waals surface area (Å²) in [6.07, 6.45) is 2.56. The molecule has 0 aliphatic carbocycles. The number of ether oxygens (including phenoxy) is 1. The predicted molar refractivity (Wildman–Crippen MR) is 116 cm³/mol. The largest absolute Gasteiger partial charge is 0.494 e. The normalized spacial score (nSPS) is 10.9. The van der Waals surface area contributed by atoms with E-state index >= 15 is 0 Å². The third kappa shape index (κ3) is 5.44. The van der Waals surface area contributed by atoms with Gasteiger partial charge in [-0.1, -0.05) is 19.1 Å². The lowest BCUT2D eigenvalue weighted by Gasteiger charge is -2.11. The molecule has 0 unspecified atom stereocenters. The van der Waals surface area contributed by atoms with E-state index in [0.29, 0.717) is 18.0 Å². The van der Waals surface area contributed by atoms with Crippen LogP contribution in [0.3, 0.4) is 0 Å². The van der Waals surface area contributed by atoms with Crippen molar-refractivity contribution < 1.29 is 9.53 Å². The van der Waals surface area contributed by atoms with E-state index < -0.39 is 0 Å². The molecule has 0 spiro atoms. The average molecular weight is 391 g/mol. The molecule has 1 aromatic heterocycles. The molecule has 150 valence electrons. The number of aromatic nitrogens is 2. The van der Waals surface area contributed by atoms with Crippen molar-refractivity contribution in [2.75, 3.05) is 25.6 Å². The minimum absolute atomic E-state index is 0.339. The van der Waals surface area contributed by atoms with Crippen molar-refractivity contribution in [3.8, 4) is 17.0 Å². The van der Waals surface area contributed by atoms with E-state index in [2.05, 4.69) is 27.6 Å². The first-order valence-electron chi connectivity index (χ1n) is 9.46. The Morgan fingerprint density at radius 3 is 2.55 bits per heavy atom. The molecule has 3 rings (SSSR count). The number of nitrogens with zero attached hydrogens (tertiary/aromatic N) is 3. The van der Waals surface area contributed by atoms with Crippen molar-refractivity contribution in [2.45, 2.75) is 13.3 Å². The van der Waals surface area contributed by atoms with Crippen LogP contribution in [0.5, 0.6) is 5.75 Å². The predicted octanol–water partition coefficient (Wildman–Crippen LogP) is 3.70. The van der Waals surface area contributed by atoms with Crippen molar-refractivity contribution in [1.82, 2.24) is 15.6 Å². The number of hydrogen-bond donors (Lipinski definition) is 2. The van der Waals surface area contributed by atoms with Crippen molar-refractivity contribution in [3.63, 3.8) is 0 Å². The Balaban J connectivity index is 1.58. The molecule has 0 bridgehead atoms. The highest BCUT2D eigenvalue weighted by molar-refractivity contribution is 5.94. The summed E-state index contributed by atoms with van der Waals surface area (Å²) in [6, 6.07) is 17.2. The van der Waals surface area contributed by atoms with Gasteiger partial charge < -0.3 is 9.64 Å². The number of rotatable bonds is 8. The topological polar surface area (TPSA) is 82.6 Å². The molecule has 1 amide bonds. The highest BCUT2D eigenvalue weighted by Gasteiger charge is 2.10. The Morgan fingerprint density at radius 1 is 1.17 bits per heavy atom. The molecule has 2 N–H and O–H groups in total. The molecule has 1 heterocycles. The van der Waals surface area contributed by atoms with Gasteiger partial charge in [0.25, 0.3) is 5.91 Å². The fraction of sp³-hybridized carbons (Fsp3) is 0.227. The van der Waals surface area contributed by atoms with Crippen molar-refractivity contribution in [3.05, 3.63) is 65.9 Å². The molecule has 0 aliphatic rings. The van der Waals surface area contributed by atoms with Gasteiger partial charge in [-0.15, -0.1) is 0 Å². The molecular formula is C22H25N5O2. The van der Waals surface area contributed by atoms with E-state index in [4.69, 9.17) is 4.74 Å². The Morgan fingerprint density at radius 2 is 1.90 bits per heavy atom. The van der Waals surface area contributed by atoms with Gasteiger partial charge in [0.15, 0.2) is 0 Å².